The summed E-state index contributed by atoms with van der Waals surface area (Å²) in [7, 11) is 0. The Labute approximate surface area is 149 Å². The highest BCUT2D eigenvalue weighted by molar-refractivity contribution is 5.80. The van der Waals surface area contributed by atoms with Crippen LogP contribution >= 0.6 is 0 Å². The lowest BCUT2D eigenvalue weighted by atomic mass is 9.79. The summed E-state index contributed by atoms with van der Waals surface area (Å²) in [6.07, 6.45) is 3.07. The number of likely N-dealkylation sites (N-methyl/N-ethyl adjacent to an activating group) is 1. The van der Waals surface area contributed by atoms with Gasteiger partial charge in [0.15, 0.2) is 0 Å². The van der Waals surface area contributed by atoms with E-state index in [1.807, 2.05) is 37.3 Å². The summed E-state index contributed by atoms with van der Waals surface area (Å²) in [5, 5.41) is 9.76. The van der Waals surface area contributed by atoms with E-state index in [4.69, 9.17) is 4.74 Å². The maximum Gasteiger partial charge on any atom is 0.410 e. The third-order valence-electron chi connectivity index (χ3n) is 4.64. The van der Waals surface area contributed by atoms with Crippen molar-refractivity contribution in [3.8, 4) is 0 Å². The lowest BCUT2D eigenvalue weighted by molar-refractivity contribution is -0.145. The van der Waals surface area contributed by atoms with Gasteiger partial charge in [0.05, 0.1) is 0 Å². The second kappa shape index (κ2) is 8.70. The van der Waals surface area contributed by atoms with Crippen molar-refractivity contribution >= 4 is 12.1 Å². The van der Waals surface area contributed by atoms with Gasteiger partial charge in [-0.25, -0.2) is 9.59 Å². The monoisotopic (exact) mass is 345 g/mol. The lowest BCUT2D eigenvalue weighted by Gasteiger charge is -2.36. The number of carboxylic acid groups (broad SMARTS) is 1. The van der Waals surface area contributed by atoms with E-state index >= 15 is 0 Å². The molecule has 0 fully saturated rings. The second-order valence-electron chi connectivity index (χ2n) is 6.80. The molecule has 0 saturated carbocycles. The van der Waals surface area contributed by atoms with Crippen molar-refractivity contribution in [2.45, 2.75) is 46.3 Å². The minimum atomic E-state index is -0.967. The van der Waals surface area contributed by atoms with Gasteiger partial charge in [-0.2, -0.15) is 0 Å². The largest absolute Gasteiger partial charge is 0.480 e. The molecule has 5 nitrogen and oxygen atoms in total. The van der Waals surface area contributed by atoms with E-state index in [1.165, 1.54) is 10.5 Å². The Morgan fingerprint density at radius 2 is 2.00 bits per heavy atom. The Hall–Kier alpha value is -2.30. The molecule has 3 atom stereocenters. The van der Waals surface area contributed by atoms with Crippen molar-refractivity contribution in [1.82, 2.24) is 4.90 Å². The minimum Gasteiger partial charge on any atom is -0.480 e. The number of carboxylic acids is 1. The number of allylic oxidation sites excluding steroid dienone is 2. The van der Waals surface area contributed by atoms with Crippen LogP contribution < -0.4 is 0 Å². The van der Waals surface area contributed by atoms with E-state index in [2.05, 4.69) is 13.0 Å². The van der Waals surface area contributed by atoms with Gasteiger partial charge in [-0.05, 0) is 44.1 Å². The van der Waals surface area contributed by atoms with Crippen molar-refractivity contribution in [2.24, 2.45) is 11.8 Å². The average molecular weight is 345 g/mol. The molecule has 0 spiro atoms. The standard InChI is InChI=1S/C20H27NO4/c1-4-21(20(24)25-13-16-8-6-5-7-9-16)18(19(22)23)17-11-14(2)10-15(3)12-17/h5-10,14,17-18H,4,11-13H2,1-3H3,(H,22,23). The predicted molar refractivity (Wildman–Crippen MR) is 96.1 cm³/mol. The average Bonchev–Trinajstić information content (AvgIpc) is 2.57. The number of hydrogen-bond donors (Lipinski definition) is 1. The molecule has 0 aromatic heterocycles. The van der Waals surface area contributed by atoms with Gasteiger partial charge in [0.1, 0.15) is 12.6 Å². The highest BCUT2D eigenvalue weighted by Crippen LogP contribution is 2.32. The lowest BCUT2D eigenvalue weighted by Crippen LogP contribution is -2.50. The molecule has 1 aliphatic rings. The molecule has 2 rings (SSSR count). The van der Waals surface area contributed by atoms with Crippen LogP contribution in [0.1, 0.15) is 39.2 Å². The van der Waals surface area contributed by atoms with Gasteiger partial charge < -0.3 is 9.84 Å². The third kappa shape index (κ3) is 5.08. The molecule has 0 saturated heterocycles. The van der Waals surface area contributed by atoms with Crippen LogP contribution in [-0.4, -0.2) is 34.7 Å². The summed E-state index contributed by atoms with van der Waals surface area (Å²) < 4.78 is 5.37. The number of carbonyl (C=O) groups excluding carboxylic acids is 1. The molecule has 0 bridgehead atoms. The molecule has 1 aromatic carbocycles. The summed E-state index contributed by atoms with van der Waals surface area (Å²) in [5.74, 6) is -0.744. The first-order valence-electron chi connectivity index (χ1n) is 8.79. The highest BCUT2D eigenvalue weighted by Gasteiger charge is 2.38. The Morgan fingerprint density at radius 3 is 2.56 bits per heavy atom. The minimum absolute atomic E-state index is 0.0956. The first-order chi connectivity index (χ1) is 11.9. The quantitative estimate of drug-likeness (QED) is 0.789. The van der Waals surface area contributed by atoms with Gasteiger partial charge in [0.2, 0.25) is 0 Å². The Morgan fingerprint density at radius 1 is 1.32 bits per heavy atom. The topological polar surface area (TPSA) is 66.8 Å². The number of aliphatic carboxylic acids is 1. The number of amides is 1. The maximum atomic E-state index is 12.5. The van der Waals surface area contributed by atoms with Crippen molar-refractivity contribution in [3.05, 3.63) is 47.5 Å². The van der Waals surface area contributed by atoms with Crippen LogP contribution in [0.15, 0.2) is 42.0 Å². The van der Waals surface area contributed by atoms with E-state index in [0.29, 0.717) is 18.9 Å². The van der Waals surface area contributed by atoms with E-state index in [9.17, 15) is 14.7 Å². The van der Waals surface area contributed by atoms with Crippen LogP contribution in [0.25, 0.3) is 0 Å². The number of ether oxygens (including phenoxy) is 1. The van der Waals surface area contributed by atoms with Crippen LogP contribution in [0, 0.1) is 11.8 Å². The number of carbonyl (C=O) groups is 2. The molecule has 3 unspecified atom stereocenters. The SMILES string of the molecule is CCN(C(=O)OCc1ccccc1)C(C(=O)O)C1CC(C)=CC(C)C1. The Kier molecular flexibility index (Phi) is 6.62. The van der Waals surface area contributed by atoms with Gasteiger partial charge in [0.25, 0.3) is 0 Å². The van der Waals surface area contributed by atoms with Crippen LogP contribution in [0.3, 0.4) is 0 Å². The van der Waals surface area contributed by atoms with E-state index < -0.39 is 18.1 Å². The molecular weight excluding hydrogens is 318 g/mol. The van der Waals surface area contributed by atoms with Crippen LogP contribution in [0.2, 0.25) is 0 Å². The van der Waals surface area contributed by atoms with Crippen molar-refractivity contribution < 1.29 is 19.4 Å². The van der Waals surface area contributed by atoms with Gasteiger partial charge in [-0.3, -0.25) is 4.90 Å². The first-order valence-corrected chi connectivity index (χ1v) is 8.79. The zero-order valence-corrected chi connectivity index (χ0v) is 15.1. The molecule has 25 heavy (non-hydrogen) atoms. The fraction of sp³-hybridized carbons (Fsp3) is 0.500. The zero-order valence-electron chi connectivity index (χ0n) is 15.1. The van der Waals surface area contributed by atoms with Gasteiger partial charge in [0, 0.05) is 6.54 Å². The molecule has 1 aromatic rings. The summed E-state index contributed by atoms with van der Waals surface area (Å²) >= 11 is 0. The van der Waals surface area contributed by atoms with Crippen molar-refractivity contribution in [3.63, 3.8) is 0 Å². The van der Waals surface area contributed by atoms with Crippen LogP contribution in [0.5, 0.6) is 0 Å². The van der Waals surface area contributed by atoms with Crippen LogP contribution in [0.4, 0.5) is 4.79 Å². The Bertz CT molecular complexity index is 626. The molecular formula is C20H27NO4. The molecule has 1 N–H and O–H groups in total. The van der Waals surface area contributed by atoms with Gasteiger partial charge >= 0.3 is 12.1 Å². The van der Waals surface area contributed by atoms with Gasteiger partial charge in [-0.15, -0.1) is 0 Å². The van der Waals surface area contributed by atoms with E-state index in [1.54, 1.807) is 6.92 Å². The number of benzene rings is 1. The van der Waals surface area contributed by atoms with Crippen LogP contribution in [-0.2, 0) is 16.1 Å². The number of rotatable bonds is 6. The molecule has 1 aliphatic carbocycles. The molecule has 1 amide bonds. The fourth-order valence-electron chi connectivity index (χ4n) is 3.67. The normalized spacial score (nSPS) is 21.2. The first kappa shape index (κ1) is 19.0. The molecule has 0 heterocycles. The van der Waals surface area contributed by atoms with E-state index in [0.717, 1.165) is 12.0 Å². The van der Waals surface area contributed by atoms with E-state index in [-0.39, 0.29) is 12.5 Å². The zero-order chi connectivity index (χ0) is 18.4. The smallest absolute Gasteiger partial charge is 0.410 e. The van der Waals surface area contributed by atoms with Gasteiger partial charge in [-0.1, -0.05) is 48.9 Å². The number of nitrogens with zero attached hydrogens (tertiary/aromatic N) is 1. The summed E-state index contributed by atoms with van der Waals surface area (Å²) in [6, 6.07) is 8.52. The molecule has 0 aliphatic heterocycles. The maximum absolute atomic E-state index is 12.5. The predicted octanol–water partition coefficient (Wildman–Crippen LogP) is 4.09. The summed E-state index contributed by atoms with van der Waals surface area (Å²) in [6.45, 7) is 6.33. The molecule has 5 heteroatoms. The molecule has 136 valence electrons. The summed E-state index contributed by atoms with van der Waals surface area (Å²) in [4.78, 5) is 25.8. The summed E-state index contributed by atoms with van der Waals surface area (Å²) in [5.41, 5.74) is 2.06. The number of hydrogen-bond acceptors (Lipinski definition) is 3. The highest BCUT2D eigenvalue weighted by atomic mass is 16.6. The molecule has 0 radical (unpaired) electrons. The van der Waals surface area contributed by atoms with Crippen molar-refractivity contribution in [1.29, 1.82) is 0 Å². The van der Waals surface area contributed by atoms with Crippen molar-refractivity contribution in [2.75, 3.05) is 6.54 Å². The second-order valence-corrected chi connectivity index (χ2v) is 6.80. The Balaban J connectivity index is 2.10. The third-order valence-corrected chi connectivity index (χ3v) is 4.64. The fourth-order valence-corrected chi connectivity index (χ4v) is 3.67.